The third kappa shape index (κ3) is 4.34. The van der Waals surface area contributed by atoms with Gasteiger partial charge in [-0.3, -0.25) is 9.48 Å². The predicted octanol–water partition coefficient (Wildman–Crippen LogP) is 5.15. The quantitative estimate of drug-likeness (QED) is 0.359. The molecule has 0 aliphatic rings. The van der Waals surface area contributed by atoms with Crippen LogP contribution in [0.3, 0.4) is 0 Å². The van der Waals surface area contributed by atoms with Crippen molar-refractivity contribution in [3.05, 3.63) is 68.7 Å². The second-order valence-electron chi connectivity index (χ2n) is 7.47. The Kier molecular flexibility index (Phi) is 5.95. The van der Waals surface area contributed by atoms with Gasteiger partial charge in [-0.15, -0.1) is 0 Å². The fraction of sp³-hybridized carbons (Fsp3) is 0.238. The van der Waals surface area contributed by atoms with Gasteiger partial charge in [0.2, 0.25) is 0 Å². The van der Waals surface area contributed by atoms with Gasteiger partial charge in [0.25, 0.3) is 5.91 Å². The van der Waals surface area contributed by atoms with Crippen LogP contribution in [0.2, 0.25) is 5.02 Å². The predicted molar refractivity (Wildman–Crippen MR) is 120 cm³/mol. The highest BCUT2D eigenvalue weighted by atomic mass is 79.9. The maximum absolute atomic E-state index is 13.9. The molecule has 0 bridgehead atoms. The number of aryl methyl sites for hydroxylation is 1. The summed E-state index contributed by atoms with van der Waals surface area (Å²) in [4.78, 5) is 18.6. The van der Waals surface area contributed by atoms with Gasteiger partial charge in [0.05, 0.1) is 11.9 Å². The molecular formula is C21H17BrClF3N6O. The monoisotopic (exact) mass is 540 g/mol. The SMILES string of the molecule is Cc1c(CN(C)C(=O)c2nn3c(C(F)(F)F)cc(-c4ccc(Br)cc4)nc3c2Cl)cnn1C. The fourth-order valence-corrected chi connectivity index (χ4v) is 3.81. The number of carbonyl (C=O) groups is 1. The molecule has 7 nitrogen and oxygen atoms in total. The van der Waals surface area contributed by atoms with Gasteiger partial charge in [-0.25, -0.2) is 9.50 Å². The van der Waals surface area contributed by atoms with Crippen molar-refractivity contribution >= 4 is 39.1 Å². The molecule has 0 N–H and O–H groups in total. The number of benzene rings is 1. The van der Waals surface area contributed by atoms with Crippen molar-refractivity contribution in [2.45, 2.75) is 19.6 Å². The molecule has 0 fully saturated rings. The molecule has 0 saturated heterocycles. The Labute approximate surface area is 199 Å². The molecule has 0 unspecified atom stereocenters. The second-order valence-corrected chi connectivity index (χ2v) is 8.76. The molecule has 0 saturated carbocycles. The molecule has 0 aliphatic heterocycles. The van der Waals surface area contributed by atoms with Gasteiger partial charge in [0.1, 0.15) is 5.02 Å². The van der Waals surface area contributed by atoms with Crippen LogP contribution >= 0.6 is 27.5 Å². The van der Waals surface area contributed by atoms with Crippen LogP contribution in [0.4, 0.5) is 13.2 Å². The van der Waals surface area contributed by atoms with Crippen LogP contribution in [-0.4, -0.2) is 42.2 Å². The van der Waals surface area contributed by atoms with Crippen molar-refractivity contribution in [2.75, 3.05) is 7.05 Å². The lowest BCUT2D eigenvalue weighted by Gasteiger charge is -2.15. The third-order valence-corrected chi connectivity index (χ3v) is 6.13. The zero-order valence-electron chi connectivity index (χ0n) is 17.7. The number of alkyl halides is 3. The van der Waals surface area contributed by atoms with Crippen molar-refractivity contribution in [1.82, 2.24) is 29.3 Å². The van der Waals surface area contributed by atoms with Crippen LogP contribution < -0.4 is 0 Å². The van der Waals surface area contributed by atoms with Crippen molar-refractivity contribution < 1.29 is 18.0 Å². The summed E-state index contributed by atoms with van der Waals surface area (Å²) in [5.41, 5.74) is 0.515. The molecule has 172 valence electrons. The van der Waals surface area contributed by atoms with Crippen molar-refractivity contribution in [3.8, 4) is 11.3 Å². The van der Waals surface area contributed by atoms with E-state index in [1.807, 2.05) is 6.92 Å². The molecule has 4 aromatic rings. The van der Waals surface area contributed by atoms with E-state index >= 15 is 0 Å². The third-order valence-electron chi connectivity index (χ3n) is 5.26. The average Bonchev–Trinajstić information content (AvgIpc) is 3.26. The Morgan fingerprint density at radius 2 is 1.91 bits per heavy atom. The van der Waals surface area contributed by atoms with Gasteiger partial charge < -0.3 is 4.90 Å². The number of amides is 1. The Hall–Kier alpha value is -2.92. The topological polar surface area (TPSA) is 68.3 Å². The summed E-state index contributed by atoms with van der Waals surface area (Å²) in [6.45, 7) is 2.04. The summed E-state index contributed by atoms with van der Waals surface area (Å²) in [6.07, 6.45) is -3.13. The first kappa shape index (κ1) is 23.2. The Morgan fingerprint density at radius 1 is 1.24 bits per heavy atom. The number of fused-ring (bicyclic) bond motifs is 1. The minimum Gasteiger partial charge on any atom is -0.336 e. The molecule has 12 heteroatoms. The average molecular weight is 542 g/mol. The highest BCUT2D eigenvalue weighted by molar-refractivity contribution is 9.10. The van der Waals surface area contributed by atoms with Crippen LogP contribution in [-0.2, 0) is 19.8 Å². The lowest BCUT2D eigenvalue weighted by atomic mass is 10.1. The van der Waals surface area contributed by atoms with Gasteiger partial charge in [0.15, 0.2) is 17.0 Å². The zero-order chi connectivity index (χ0) is 24.1. The van der Waals surface area contributed by atoms with E-state index in [1.165, 1.54) is 11.9 Å². The normalized spacial score (nSPS) is 11.9. The molecular weight excluding hydrogens is 525 g/mol. The first-order valence-corrected chi connectivity index (χ1v) is 10.8. The molecule has 3 aromatic heterocycles. The number of halogens is 5. The van der Waals surface area contributed by atoms with E-state index in [0.29, 0.717) is 10.1 Å². The van der Waals surface area contributed by atoms with Gasteiger partial charge in [0, 0.05) is 41.9 Å². The summed E-state index contributed by atoms with van der Waals surface area (Å²) >= 11 is 9.65. The number of rotatable bonds is 4. The summed E-state index contributed by atoms with van der Waals surface area (Å²) in [7, 11) is 3.29. The van der Waals surface area contributed by atoms with Crippen molar-refractivity contribution in [2.24, 2.45) is 7.05 Å². The Balaban J connectivity index is 1.80. The molecule has 0 atom stereocenters. The van der Waals surface area contributed by atoms with Crippen molar-refractivity contribution in [3.63, 3.8) is 0 Å². The minimum atomic E-state index is -4.75. The first-order chi connectivity index (χ1) is 15.5. The van der Waals surface area contributed by atoms with Gasteiger partial charge in [-0.2, -0.15) is 23.4 Å². The summed E-state index contributed by atoms with van der Waals surface area (Å²) < 4.78 is 44.6. The number of aromatic nitrogens is 5. The molecule has 0 spiro atoms. The van der Waals surface area contributed by atoms with E-state index in [4.69, 9.17) is 11.6 Å². The Morgan fingerprint density at radius 3 is 2.48 bits per heavy atom. The Bertz CT molecular complexity index is 1360. The molecule has 1 aromatic carbocycles. The summed E-state index contributed by atoms with van der Waals surface area (Å²) in [6, 6.07) is 7.52. The van der Waals surface area contributed by atoms with E-state index in [0.717, 1.165) is 21.8 Å². The van der Waals surface area contributed by atoms with Crippen LogP contribution in [0.15, 0.2) is 41.0 Å². The molecule has 33 heavy (non-hydrogen) atoms. The molecule has 0 aliphatic carbocycles. The molecule has 1 amide bonds. The highest BCUT2D eigenvalue weighted by Gasteiger charge is 2.37. The summed E-state index contributed by atoms with van der Waals surface area (Å²) in [5.74, 6) is -0.632. The van der Waals surface area contributed by atoms with Gasteiger partial charge in [-0.1, -0.05) is 39.7 Å². The fourth-order valence-electron chi connectivity index (χ4n) is 3.31. The van der Waals surface area contributed by atoms with E-state index in [1.54, 1.807) is 42.2 Å². The van der Waals surface area contributed by atoms with Gasteiger partial charge >= 0.3 is 6.18 Å². The van der Waals surface area contributed by atoms with Crippen molar-refractivity contribution in [1.29, 1.82) is 0 Å². The molecule has 3 heterocycles. The van der Waals surface area contributed by atoms with Crippen LogP contribution in [0.1, 0.15) is 27.4 Å². The maximum Gasteiger partial charge on any atom is 0.433 e. The first-order valence-electron chi connectivity index (χ1n) is 9.62. The largest absolute Gasteiger partial charge is 0.433 e. The number of hydrogen-bond acceptors (Lipinski definition) is 4. The molecule has 0 radical (unpaired) electrons. The standard InChI is InChI=1S/C21H17BrClF3N6O/c1-11-13(9-27-31(11)3)10-30(2)20(33)18-17(23)19-28-15(12-4-6-14(22)7-5-12)8-16(21(24,25)26)32(19)29-18/h4-9H,10H2,1-3H3. The number of hydrogen-bond donors (Lipinski definition) is 0. The maximum atomic E-state index is 13.9. The van der Waals surface area contributed by atoms with Crippen LogP contribution in [0, 0.1) is 6.92 Å². The van der Waals surface area contributed by atoms with Crippen LogP contribution in [0.25, 0.3) is 16.9 Å². The highest BCUT2D eigenvalue weighted by Crippen LogP contribution is 2.35. The lowest BCUT2D eigenvalue weighted by molar-refractivity contribution is -0.142. The van der Waals surface area contributed by atoms with E-state index in [2.05, 4.69) is 31.1 Å². The zero-order valence-corrected chi connectivity index (χ0v) is 20.0. The van der Waals surface area contributed by atoms with Crippen LogP contribution in [0.5, 0.6) is 0 Å². The lowest BCUT2D eigenvalue weighted by Crippen LogP contribution is -2.27. The summed E-state index contributed by atoms with van der Waals surface area (Å²) in [5, 5.41) is 7.78. The van der Waals surface area contributed by atoms with E-state index in [9.17, 15) is 18.0 Å². The number of nitrogens with zero attached hydrogens (tertiary/aromatic N) is 6. The second kappa shape index (κ2) is 8.45. The number of carbonyl (C=O) groups excluding carboxylic acids is 1. The smallest absolute Gasteiger partial charge is 0.336 e. The van der Waals surface area contributed by atoms with E-state index in [-0.39, 0.29) is 28.6 Å². The van der Waals surface area contributed by atoms with E-state index < -0.39 is 17.8 Å². The minimum absolute atomic E-state index is 0.0578. The molecule has 4 rings (SSSR count). The van der Waals surface area contributed by atoms with Gasteiger partial charge in [-0.05, 0) is 25.1 Å².